The number of hydrogen-bond acceptors (Lipinski definition) is 5. The van der Waals surface area contributed by atoms with Crippen LogP contribution in [0.5, 0.6) is 0 Å². The number of benzene rings is 1. The summed E-state index contributed by atoms with van der Waals surface area (Å²) in [5.41, 5.74) is 3.89. The van der Waals surface area contributed by atoms with Gasteiger partial charge in [0.1, 0.15) is 4.90 Å². The largest absolute Gasteiger partial charge is 0.307 e. The Kier molecular flexibility index (Phi) is 4.36. The fourth-order valence-electron chi connectivity index (χ4n) is 1.72. The van der Waals surface area contributed by atoms with Gasteiger partial charge in [-0.1, -0.05) is 29.3 Å². The van der Waals surface area contributed by atoms with Crippen molar-refractivity contribution < 1.29 is 8.42 Å². The number of anilines is 2. The lowest BCUT2D eigenvalue weighted by Crippen LogP contribution is -2.26. The van der Waals surface area contributed by atoms with Crippen molar-refractivity contribution in [1.82, 2.24) is 4.98 Å². The van der Waals surface area contributed by atoms with Gasteiger partial charge in [0.25, 0.3) is 10.0 Å². The summed E-state index contributed by atoms with van der Waals surface area (Å²) >= 11 is 5.92. The van der Waals surface area contributed by atoms with Crippen molar-refractivity contribution in [1.29, 1.82) is 0 Å². The minimum Gasteiger partial charge on any atom is -0.307 e. The van der Waals surface area contributed by atoms with Gasteiger partial charge in [-0.15, -0.1) is 0 Å². The highest BCUT2D eigenvalue weighted by atomic mass is 35.5. The molecular formula is C13H15ClN4O2S. The topological polar surface area (TPSA) is 88.3 Å². The maximum Gasteiger partial charge on any atom is 0.265 e. The lowest BCUT2D eigenvalue weighted by Gasteiger charge is -2.19. The van der Waals surface area contributed by atoms with Gasteiger partial charge in [0.2, 0.25) is 0 Å². The van der Waals surface area contributed by atoms with Gasteiger partial charge >= 0.3 is 0 Å². The Morgan fingerprint density at radius 3 is 2.43 bits per heavy atom. The minimum atomic E-state index is -3.73. The number of nitrogens with two attached hydrogens (primary N) is 1. The van der Waals surface area contributed by atoms with Gasteiger partial charge in [-0.2, -0.15) is 0 Å². The molecule has 1 aromatic carbocycles. The van der Waals surface area contributed by atoms with Crippen molar-refractivity contribution in [3.05, 3.63) is 47.1 Å². The van der Waals surface area contributed by atoms with E-state index in [4.69, 9.17) is 17.4 Å². The maximum atomic E-state index is 12.5. The molecule has 2 rings (SSSR count). The predicted octanol–water partition coefficient (Wildman–Crippen LogP) is 2.15. The highest BCUT2D eigenvalue weighted by Crippen LogP contribution is 2.26. The molecule has 0 radical (unpaired) electrons. The van der Waals surface area contributed by atoms with Gasteiger partial charge < -0.3 is 5.43 Å². The highest BCUT2D eigenvalue weighted by Gasteiger charge is 2.22. The normalized spacial score (nSPS) is 11.2. The van der Waals surface area contributed by atoms with E-state index in [0.717, 1.165) is 5.56 Å². The van der Waals surface area contributed by atoms with Crippen LogP contribution in [0.4, 0.5) is 11.5 Å². The fraction of sp³-hybridized carbons (Fsp3) is 0.154. The molecule has 0 fully saturated rings. The summed E-state index contributed by atoms with van der Waals surface area (Å²) in [5.74, 6) is 5.43. The molecule has 0 aliphatic carbocycles. The molecule has 1 aromatic heterocycles. The number of aromatic nitrogens is 1. The first-order valence-corrected chi connectivity index (χ1v) is 7.86. The fourth-order valence-corrected chi connectivity index (χ4v) is 3.17. The third-order valence-electron chi connectivity index (χ3n) is 3.01. The van der Waals surface area contributed by atoms with Gasteiger partial charge in [0.15, 0.2) is 5.82 Å². The molecule has 0 saturated heterocycles. The van der Waals surface area contributed by atoms with E-state index in [9.17, 15) is 8.42 Å². The molecule has 2 aromatic rings. The van der Waals surface area contributed by atoms with Crippen LogP contribution in [0.25, 0.3) is 0 Å². The first kappa shape index (κ1) is 15.6. The minimum absolute atomic E-state index is 0.00502. The molecule has 0 unspecified atom stereocenters. The number of hydrazine groups is 1. The van der Waals surface area contributed by atoms with E-state index in [1.807, 2.05) is 19.1 Å². The molecule has 0 aliphatic rings. The number of halogens is 1. The lowest BCUT2D eigenvalue weighted by atomic mass is 10.2. The molecule has 21 heavy (non-hydrogen) atoms. The van der Waals surface area contributed by atoms with E-state index < -0.39 is 10.0 Å². The maximum absolute atomic E-state index is 12.5. The first-order valence-electron chi connectivity index (χ1n) is 6.04. The summed E-state index contributed by atoms with van der Waals surface area (Å²) in [7, 11) is -2.26. The number of hydrogen-bond donors (Lipinski definition) is 2. The van der Waals surface area contributed by atoms with Crippen LogP contribution < -0.4 is 15.6 Å². The number of pyridine rings is 1. The standard InChI is InChI=1S/C13H15ClN4O2S/c1-9-3-5-10(6-4-9)18(2)21(19,20)11-7-12(14)13(17-15)16-8-11/h3-8H,15H2,1-2H3,(H,16,17). The molecule has 8 heteroatoms. The molecule has 3 N–H and O–H groups in total. The zero-order valence-corrected chi connectivity index (χ0v) is 13.1. The third kappa shape index (κ3) is 3.10. The van der Waals surface area contributed by atoms with E-state index in [2.05, 4.69) is 10.4 Å². The van der Waals surface area contributed by atoms with Gasteiger partial charge in [0, 0.05) is 13.2 Å². The molecule has 0 aliphatic heterocycles. The van der Waals surface area contributed by atoms with E-state index in [1.165, 1.54) is 23.6 Å². The second-order valence-corrected chi connectivity index (χ2v) is 6.83. The zero-order chi connectivity index (χ0) is 15.6. The predicted molar refractivity (Wildman–Crippen MR) is 83.8 cm³/mol. The Hall–Kier alpha value is -1.83. The van der Waals surface area contributed by atoms with Crippen molar-refractivity contribution in [3.8, 4) is 0 Å². The summed E-state index contributed by atoms with van der Waals surface area (Å²) < 4.78 is 26.3. The Labute approximate surface area is 128 Å². The van der Waals surface area contributed by atoms with Crippen LogP contribution in [0.15, 0.2) is 41.4 Å². The van der Waals surface area contributed by atoms with Crippen LogP contribution in [0.2, 0.25) is 5.02 Å². The summed E-state index contributed by atoms with van der Waals surface area (Å²) in [5, 5.41) is 0.135. The summed E-state index contributed by atoms with van der Waals surface area (Å²) in [6, 6.07) is 8.46. The molecule has 0 amide bonds. The number of rotatable bonds is 4. The Balaban J connectivity index is 2.41. The number of nitrogens with zero attached hydrogens (tertiary/aromatic N) is 2. The Bertz CT molecular complexity index is 747. The van der Waals surface area contributed by atoms with Crippen LogP contribution in [-0.2, 0) is 10.0 Å². The molecule has 0 atom stereocenters. The van der Waals surface area contributed by atoms with Crippen molar-refractivity contribution >= 4 is 33.1 Å². The second kappa shape index (κ2) is 5.88. The number of aryl methyl sites for hydroxylation is 1. The zero-order valence-electron chi connectivity index (χ0n) is 11.5. The number of nitrogen functional groups attached to an aromatic ring is 1. The highest BCUT2D eigenvalue weighted by molar-refractivity contribution is 7.92. The van der Waals surface area contributed by atoms with E-state index in [1.54, 1.807) is 12.1 Å². The van der Waals surface area contributed by atoms with Crippen LogP contribution in [-0.4, -0.2) is 20.4 Å². The van der Waals surface area contributed by atoms with Gasteiger partial charge in [-0.3, -0.25) is 4.31 Å². The third-order valence-corrected chi connectivity index (χ3v) is 5.05. The molecule has 1 heterocycles. The Morgan fingerprint density at radius 2 is 1.90 bits per heavy atom. The lowest BCUT2D eigenvalue weighted by molar-refractivity contribution is 0.594. The van der Waals surface area contributed by atoms with E-state index >= 15 is 0 Å². The summed E-state index contributed by atoms with van der Waals surface area (Å²) in [4.78, 5) is 3.87. The van der Waals surface area contributed by atoms with Crippen molar-refractivity contribution in [2.24, 2.45) is 5.84 Å². The van der Waals surface area contributed by atoms with Gasteiger partial charge in [-0.05, 0) is 25.1 Å². The van der Waals surface area contributed by atoms with Crippen LogP contribution in [0.3, 0.4) is 0 Å². The van der Waals surface area contributed by atoms with Crippen molar-refractivity contribution in [2.45, 2.75) is 11.8 Å². The van der Waals surface area contributed by atoms with Gasteiger partial charge in [-0.25, -0.2) is 19.2 Å². The monoisotopic (exact) mass is 326 g/mol. The summed E-state index contributed by atoms with van der Waals surface area (Å²) in [6.07, 6.45) is 1.21. The van der Waals surface area contributed by atoms with Crippen molar-refractivity contribution in [3.63, 3.8) is 0 Å². The first-order chi connectivity index (χ1) is 9.86. The molecule has 0 saturated carbocycles. The molecule has 6 nitrogen and oxygen atoms in total. The van der Waals surface area contributed by atoms with E-state index in [0.29, 0.717) is 5.69 Å². The number of sulfonamides is 1. The Morgan fingerprint density at radius 1 is 1.29 bits per heavy atom. The SMILES string of the molecule is Cc1ccc(N(C)S(=O)(=O)c2cnc(NN)c(Cl)c2)cc1. The van der Waals surface area contributed by atoms with Crippen LogP contribution >= 0.6 is 11.6 Å². The summed E-state index contributed by atoms with van der Waals surface area (Å²) in [6.45, 7) is 1.93. The molecule has 0 bridgehead atoms. The molecular weight excluding hydrogens is 312 g/mol. The average Bonchev–Trinajstić information content (AvgIpc) is 2.47. The van der Waals surface area contributed by atoms with Gasteiger partial charge in [0.05, 0.1) is 10.7 Å². The second-order valence-electron chi connectivity index (χ2n) is 4.45. The molecule has 0 spiro atoms. The smallest absolute Gasteiger partial charge is 0.265 e. The van der Waals surface area contributed by atoms with Crippen molar-refractivity contribution in [2.75, 3.05) is 16.8 Å². The average molecular weight is 327 g/mol. The number of nitrogens with one attached hydrogen (secondary N) is 1. The van der Waals surface area contributed by atoms with E-state index in [-0.39, 0.29) is 15.7 Å². The van der Waals surface area contributed by atoms with Crippen LogP contribution in [0, 0.1) is 6.92 Å². The van der Waals surface area contributed by atoms with Crippen LogP contribution in [0.1, 0.15) is 5.56 Å². The quantitative estimate of drug-likeness (QED) is 0.664. The molecule has 112 valence electrons.